The minimum absolute atomic E-state index is 0.761. The lowest BCUT2D eigenvalue weighted by molar-refractivity contribution is 0.357. The second-order valence-corrected chi connectivity index (χ2v) is 6.12. The zero-order chi connectivity index (χ0) is 16.1. The van der Waals surface area contributed by atoms with Gasteiger partial charge < -0.3 is 4.74 Å². The van der Waals surface area contributed by atoms with Gasteiger partial charge in [0.25, 0.3) is 0 Å². The maximum atomic E-state index is 5.70. The van der Waals surface area contributed by atoms with Crippen LogP contribution in [0.2, 0.25) is 0 Å². The molecule has 0 saturated heterocycles. The Morgan fingerprint density at radius 2 is 2.08 bits per heavy atom. The summed E-state index contributed by atoms with van der Waals surface area (Å²) in [4.78, 5) is 9.29. The molecule has 24 heavy (non-hydrogen) atoms. The van der Waals surface area contributed by atoms with Crippen LogP contribution in [-0.4, -0.2) is 16.6 Å². The van der Waals surface area contributed by atoms with E-state index in [0.29, 0.717) is 0 Å². The second-order valence-electron chi connectivity index (χ2n) is 6.12. The van der Waals surface area contributed by atoms with Crippen LogP contribution in [0.1, 0.15) is 11.1 Å². The molecule has 2 aromatic carbocycles. The molecule has 0 aliphatic carbocycles. The molecule has 0 spiro atoms. The Kier molecular flexibility index (Phi) is 2.74. The number of aryl methyl sites for hydroxylation is 1. The summed E-state index contributed by atoms with van der Waals surface area (Å²) >= 11 is 0. The molecule has 1 aliphatic heterocycles. The quantitative estimate of drug-likeness (QED) is 0.526. The molecule has 0 bridgehead atoms. The summed E-state index contributed by atoms with van der Waals surface area (Å²) < 4.78 is 5.70. The average Bonchev–Trinajstić information content (AvgIpc) is 3.07. The minimum Gasteiger partial charge on any atom is -0.493 e. The Morgan fingerprint density at radius 3 is 3.04 bits per heavy atom. The van der Waals surface area contributed by atoms with Crippen molar-refractivity contribution in [1.82, 2.24) is 9.97 Å². The van der Waals surface area contributed by atoms with Crippen molar-refractivity contribution in [1.29, 1.82) is 0 Å². The smallest absolute Gasteiger partial charge is 0.124 e. The SMILES string of the molecule is Cc1cc(-c2ccnc3ccc#cc23)nc2cc3c(cc12)CCO3. The third-order valence-electron chi connectivity index (χ3n) is 4.60. The van der Waals surface area contributed by atoms with Gasteiger partial charge in [-0.2, -0.15) is 0 Å². The Morgan fingerprint density at radius 1 is 1.12 bits per heavy atom. The third-order valence-corrected chi connectivity index (χ3v) is 4.60. The number of ether oxygens (including phenoxy) is 1. The molecule has 114 valence electrons. The number of hydrogen-bond acceptors (Lipinski definition) is 3. The van der Waals surface area contributed by atoms with E-state index in [4.69, 9.17) is 9.72 Å². The van der Waals surface area contributed by atoms with E-state index in [0.717, 1.165) is 46.5 Å². The zero-order valence-corrected chi connectivity index (χ0v) is 13.3. The van der Waals surface area contributed by atoms with E-state index in [-0.39, 0.29) is 0 Å². The highest BCUT2D eigenvalue weighted by atomic mass is 16.5. The Balaban J connectivity index is 1.79. The van der Waals surface area contributed by atoms with Gasteiger partial charge in [0.05, 0.1) is 28.7 Å². The van der Waals surface area contributed by atoms with Crippen molar-refractivity contribution >= 4 is 21.8 Å². The number of fused-ring (bicyclic) bond motifs is 3. The van der Waals surface area contributed by atoms with Crippen LogP contribution in [-0.2, 0) is 6.42 Å². The van der Waals surface area contributed by atoms with E-state index in [1.165, 1.54) is 16.5 Å². The van der Waals surface area contributed by atoms with Gasteiger partial charge in [-0.15, -0.1) is 0 Å². The molecule has 4 aromatic rings. The summed E-state index contributed by atoms with van der Waals surface area (Å²) in [6, 6.07) is 18.4. The summed E-state index contributed by atoms with van der Waals surface area (Å²) in [5.74, 6) is 0.964. The second kappa shape index (κ2) is 4.94. The Bertz CT molecular complexity index is 1100. The van der Waals surface area contributed by atoms with E-state index < -0.39 is 0 Å². The number of rotatable bonds is 1. The van der Waals surface area contributed by atoms with Gasteiger partial charge in [-0.3, -0.25) is 4.98 Å². The third kappa shape index (κ3) is 1.93. The minimum atomic E-state index is 0.761. The van der Waals surface area contributed by atoms with E-state index >= 15 is 0 Å². The van der Waals surface area contributed by atoms with Crippen molar-refractivity contribution in [3.63, 3.8) is 0 Å². The molecule has 0 atom stereocenters. The van der Waals surface area contributed by atoms with Gasteiger partial charge >= 0.3 is 0 Å². The van der Waals surface area contributed by atoms with Gasteiger partial charge in [-0.1, -0.05) is 12.1 Å². The van der Waals surface area contributed by atoms with E-state index in [2.05, 4.69) is 42.2 Å². The molecule has 2 aromatic heterocycles. The maximum absolute atomic E-state index is 5.70. The molecule has 0 unspecified atom stereocenters. The van der Waals surface area contributed by atoms with Crippen molar-refractivity contribution in [3.8, 4) is 17.0 Å². The van der Waals surface area contributed by atoms with Crippen molar-refractivity contribution in [2.24, 2.45) is 0 Å². The predicted octanol–water partition coefficient (Wildman–Crippen LogP) is 4.29. The first-order valence-corrected chi connectivity index (χ1v) is 8.04. The molecule has 0 N–H and O–H groups in total. The molecule has 0 saturated carbocycles. The molecule has 5 rings (SSSR count). The number of pyridine rings is 2. The molecule has 0 radical (unpaired) electrons. The normalized spacial score (nSPS) is 12.9. The molecular formula is C21H14N2O. The van der Waals surface area contributed by atoms with E-state index in [1.807, 2.05) is 24.4 Å². The number of aromatic nitrogens is 2. The van der Waals surface area contributed by atoms with E-state index in [9.17, 15) is 0 Å². The van der Waals surface area contributed by atoms with Gasteiger partial charge in [0.1, 0.15) is 5.75 Å². The highest BCUT2D eigenvalue weighted by Gasteiger charge is 2.16. The highest BCUT2D eigenvalue weighted by Crippen LogP contribution is 2.33. The lowest BCUT2D eigenvalue weighted by Gasteiger charge is -2.09. The van der Waals surface area contributed by atoms with Crippen LogP contribution in [0.5, 0.6) is 5.75 Å². The van der Waals surface area contributed by atoms with Crippen LogP contribution in [0.4, 0.5) is 0 Å². The molecule has 0 fully saturated rings. The standard InChI is InChI=1S/C21H14N2O/c1-13-10-19(16-6-8-22-18-5-3-2-4-15(16)18)23-20-12-21-14(7-9-24-21)11-17(13)20/h3,5-6,8,10-12H,7,9H2,1H3. The Hall–Kier alpha value is -3.12. The van der Waals surface area contributed by atoms with Crippen molar-refractivity contribution in [3.05, 3.63) is 65.9 Å². The predicted molar refractivity (Wildman–Crippen MR) is 94.1 cm³/mol. The maximum Gasteiger partial charge on any atom is 0.124 e. The average molecular weight is 310 g/mol. The lowest BCUT2D eigenvalue weighted by atomic mass is 10.0. The zero-order valence-electron chi connectivity index (χ0n) is 13.3. The Labute approximate surface area is 139 Å². The highest BCUT2D eigenvalue weighted by molar-refractivity contribution is 5.94. The van der Waals surface area contributed by atoms with Crippen LogP contribution < -0.4 is 4.74 Å². The van der Waals surface area contributed by atoms with Crippen LogP contribution >= 0.6 is 0 Å². The molecule has 3 heterocycles. The summed E-state index contributed by atoms with van der Waals surface area (Å²) in [5.41, 5.74) is 6.33. The van der Waals surface area contributed by atoms with Gasteiger partial charge in [0, 0.05) is 29.6 Å². The van der Waals surface area contributed by atoms with Crippen LogP contribution in [0.3, 0.4) is 0 Å². The lowest BCUT2D eigenvalue weighted by Crippen LogP contribution is -1.92. The molecule has 0 amide bonds. The first-order valence-electron chi connectivity index (χ1n) is 8.04. The number of benzene rings is 1. The van der Waals surface area contributed by atoms with Gasteiger partial charge in [0.15, 0.2) is 0 Å². The summed E-state index contributed by atoms with van der Waals surface area (Å²) in [6.45, 7) is 2.90. The fourth-order valence-electron chi connectivity index (χ4n) is 3.39. The largest absolute Gasteiger partial charge is 0.493 e. The first-order chi connectivity index (χ1) is 11.8. The van der Waals surface area contributed by atoms with Gasteiger partial charge in [-0.25, -0.2) is 4.98 Å². The van der Waals surface area contributed by atoms with Crippen LogP contribution in [0.25, 0.3) is 33.1 Å². The fraction of sp³-hybridized carbons (Fsp3) is 0.143. The molecule has 3 nitrogen and oxygen atoms in total. The van der Waals surface area contributed by atoms with Crippen LogP contribution in [0, 0.1) is 19.1 Å². The van der Waals surface area contributed by atoms with Crippen molar-refractivity contribution in [2.45, 2.75) is 13.3 Å². The van der Waals surface area contributed by atoms with Gasteiger partial charge in [-0.05, 0) is 48.4 Å². The number of nitrogens with zero attached hydrogens (tertiary/aromatic N) is 2. The topological polar surface area (TPSA) is 35.0 Å². The van der Waals surface area contributed by atoms with Crippen LogP contribution in [0.15, 0.2) is 42.6 Å². The van der Waals surface area contributed by atoms with Gasteiger partial charge in [0.2, 0.25) is 0 Å². The molecule has 1 aliphatic rings. The fourth-order valence-corrected chi connectivity index (χ4v) is 3.39. The van der Waals surface area contributed by atoms with Crippen molar-refractivity contribution < 1.29 is 4.74 Å². The molecular weight excluding hydrogens is 296 g/mol. The first kappa shape index (κ1) is 13.3. The summed E-state index contributed by atoms with van der Waals surface area (Å²) in [6.07, 6.45) is 2.80. The summed E-state index contributed by atoms with van der Waals surface area (Å²) in [7, 11) is 0. The van der Waals surface area contributed by atoms with Crippen molar-refractivity contribution in [2.75, 3.05) is 6.61 Å². The summed E-state index contributed by atoms with van der Waals surface area (Å²) in [5, 5.41) is 2.14. The van der Waals surface area contributed by atoms with E-state index in [1.54, 1.807) is 0 Å². The number of hydrogen-bond donors (Lipinski definition) is 0. The monoisotopic (exact) mass is 310 g/mol. The molecule has 3 heteroatoms.